The van der Waals surface area contributed by atoms with Gasteiger partial charge in [0.05, 0.1) is 23.3 Å². The first kappa shape index (κ1) is 24.3. The van der Waals surface area contributed by atoms with E-state index in [9.17, 15) is 14.4 Å². The number of rotatable bonds is 9. The van der Waals surface area contributed by atoms with E-state index in [-0.39, 0.29) is 35.9 Å². The van der Waals surface area contributed by atoms with E-state index in [1.807, 2.05) is 0 Å². The first-order valence-electron chi connectivity index (χ1n) is 10.5. The van der Waals surface area contributed by atoms with Crippen molar-refractivity contribution in [2.75, 3.05) is 13.2 Å². The largest absolute Gasteiger partial charge is 0.458 e. The maximum Gasteiger partial charge on any atom is 0.379 e. The van der Waals surface area contributed by atoms with Crippen LogP contribution < -0.4 is 10.1 Å². The number of esters is 3. The summed E-state index contributed by atoms with van der Waals surface area (Å²) in [6.45, 7) is 10.6. The van der Waals surface area contributed by atoms with Crippen molar-refractivity contribution in [2.24, 2.45) is 0 Å². The Labute approximate surface area is 197 Å². The fourth-order valence-corrected chi connectivity index (χ4v) is 3.57. The van der Waals surface area contributed by atoms with Gasteiger partial charge in [0, 0.05) is 11.4 Å². The molecular formula is C26H25NO7. The number of hydrogen-bond acceptors (Lipinski definition) is 8. The van der Waals surface area contributed by atoms with Crippen molar-refractivity contribution in [2.45, 2.75) is 19.8 Å². The van der Waals surface area contributed by atoms with E-state index in [4.69, 9.17) is 18.6 Å². The molecule has 3 rings (SSSR count). The summed E-state index contributed by atoms with van der Waals surface area (Å²) in [4.78, 5) is 38.0. The number of furan rings is 1. The first-order chi connectivity index (χ1) is 16.4. The molecule has 0 saturated heterocycles. The number of allylic oxidation sites excluding steroid dienone is 2. The molecule has 1 aliphatic rings. The highest BCUT2D eigenvalue weighted by Crippen LogP contribution is 2.39. The fraction of sp³-hybridized carbons (Fsp3) is 0.192. The Kier molecular flexibility index (Phi) is 7.87. The van der Waals surface area contributed by atoms with Gasteiger partial charge < -0.3 is 23.9 Å². The van der Waals surface area contributed by atoms with Crippen LogP contribution in [0.25, 0.3) is 0 Å². The average molecular weight is 463 g/mol. The highest BCUT2D eigenvalue weighted by molar-refractivity contribution is 6.00. The summed E-state index contributed by atoms with van der Waals surface area (Å²) in [5.74, 6) is -2.26. The van der Waals surface area contributed by atoms with E-state index < -0.39 is 23.8 Å². The van der Waals surface area contributed by atoms with Gasteiger partial charge in [0.2, 0.25) is 5.76 Å². The van der Waals surface area contributed by atoms with Crippen LogP contribution in [-0.2, 0) is 19.1 Å². The van der Waals surface area contributed by atoms with Gasteiger partial charge in [-0.2, -0.15) is 0 Å². The number of dihydropyridines is 1. The molecule has 8 nitrogen and oxygen atoms in total. The Bertz CT molecular complexity index is 1110. The maximum absolute atomic E-state index is 12.9. The Morgan fingerprint density at radius 3 is 1.94 bits per heavy atom. The topological polar surface area (TPSA) is 104 Å². The Morgan fingerprint density at radius 2 is 1.47 bits per heavy atom. The van der Waals surface area contributed by atoms with Crippen LogP contribution >= 0.6 is 0 Å². The summed E-state index contributed by atoms with van der Waals surface area (Å²) < 4.78 is 20.9. The Morgan fingerprint density at radius 1 is 0.912 bits per heavy atom. The summed E-state index contributed by atoms with van der Waals surface area (Å²) in [6.07, 6.45) is 4.29. The molecule has 0 atom stereocenters. The molecule has 0 bridgehead atoms. The second-order valence-electron chi connectivity index (χ2n) is 7.35. The molecule has 8 heteroatoms. The van der Waals surface area contributed by atoms with Crippen LogP contribution in [0.3, 0.4) is 0 Å². The molecule has 0 spiro atoms. The summed E-state index contributed by atoms with van der Waals surface area (Å²) >= 11 is 0. The standard InChI is InChI=1S/C26H25NO7/c1-5-13-32-25(29)21-16(3)27-17(4)22(26(30)33-14-6-2)23(21)18-9-11-19(12-10-18)34-24(28)20-8-7-15-31-20/h5-12,15,23,27H,1-2,13-14H2,3-4H3. The lowest BCUT2D eigenvalue weighted by Gasteiger charge is -2.30. The third-order valence-corrected chi connectivity index (χ3v) is 5.01. The molecule has 0 fully saturated rings. The minimum Gasteiger partial charge on any atom is -0.458 e. The van der Waals surface area contributed by atoms with Crippen molar-refractivity contribution in [3.05, 3.63) is 102 Å². The van der Waals surface area contributed by atoms with Gasteiger partial charge in [0.1, 0.15) is 19.0 Å². The van der Waals surface area contributed by atoms with E-state index in [0.717, 1.165) is 0 Å². The van der Waals surface area contributed by atoms with Gasteiger partial charge in [-0.15, -0.1) is 0 Å². The van der Waals surface area contributed by atoms with Crippen LogP contribution in [0.2, 0.25) is 0 Å². The Balaban J connectivity index is 1.98. The van der Waals surface area contributed by atoms with E-state index >= 15 is 0 Å². The summed E-state index contributed by atoms with van der Waals surface area (Å²) in [5, 5.41) is 3.07. The van der Waals surface area contributed by atoms with Crippen LogP contribution in [0.5, 0.6) is 5.75 Å². The number of nitrogens with one attached hydrogen (secondary N) is 1. The molecule has 1 aromatic carbocycles. The first-order valence-corrected chi connectivity index (χ1v) is 10.5. The van der Waals surface area contributed by atoms with E-state index in [0.29, 0.717) is 17.0 Å². The zero-order valence-corrected chi connectivity index (χ0v) is 19.0. The van der Waals surface area contributed by atoms with Gasteiger partial charge in [0.25, 0.3) is 0 Å². The van der Waals surface area contributed by atoms with Crippen molar-refractivity contribution in [1.29, 1.82) is 0 Å². The van der Waals surface area contributed by atoms with Crippen LogP contribution in [0.15, 0.2) is 94.9 Å². The van der Waals surface area contributed by atoms with Gasteiger partial charge in [-0.1, -0.05) is 37.4 Å². The molecule has 0 saturated carbocycles. The zero-order valence-electron chi connectivity index (χ0n) is 19.0. The van der Waals surface area contributed by atoms with Gasteiger partial charge in [-0.05, 0) is 43.7 Å². The average Bonchev–Trinajstić information content (AvgIpc) is 3.36. The molecule has 0 unspecified atom stereocenters. The molecule has 1 aromatic heterocycles. The summed E-state index contributed by atoms with van der Waals surface area (Å²) in [5.41, 5.74) is 2.22. The SMILES string of the molecule is C=CCOC(=O)C1=C(C)NC(C)=C(C(=O)OCC=C)C1c1ccc(OC(=O)c2ccco2)cc1. The molecule has 1 aliphatic heterocycles. The molecule has 176 valence electrons. The predicted molar refractivity (Wildman–Crippen MR) is 124 cm³/mol. The predicted octanol–water partition coefficient (Wildman–Crippen LogP) is 4.19. The van der Waals surface area contributed by atoms with Crippen LogP contribution in [0.1, 0.15) is 35.9 Å². The molecule has 2 heterocycles. The van der Waals surface area contributed by atoms with Crippen molar-refractivity contribution in [3.8, 4) is 5.75 Å². The maximum atomic E-state index is 12.9. The Hall–Kier alpha value is -4.33. The minimum absolute atomic E-state index is 0.0168. The zero-order chi connectivity index (χ0) is 24.7. The molecule has 0 amide bonds. The van der Waals surface area contributed by atoms with Crippen LogP contribution in [0, 0.1) is 0 Å². The number of carbonyl (C=O) groups is 3. The summed E-state index contributed by atoms with van der Waals surface area (Å²) in [7, 11) is 0. The molecule has 0 aliphatic carbocycles. The number of ether oxygens (including phenoxy) is 3. The number of hydrogen-bond donors (Lipinski definition) is 1. The third kappa shape index (κ3) is 5.35. The van der Waals surface area contributed by atoms with Crippen molar-refractivity contribution in [1.82, 2.24) is 5.32 Å². The van der Waals surface area contributed by atoms with Crippen molar-refractivity contribution in [3.63, 3.8) is 0 Å². The van der Waals surface area contributed by atoms with Crippen molar-refractivity contribution >= 4 is 17.9 Å². The fourth-order valence-electron chi connectivity index (χ4n) is 3.57. The molecule has 1 N–H and O–H groups in total. The molecular weight excluding hydrogens is 438 g/mol. The van der Waals surface area contributed by atoms with Crippen LogP contribution in [0.4, 0.5) is 0 Å². The monoisotopic (exact) mass is 463 g/mol. The lowest BCUT2D eigenvalue weighted by Crippen LogP contribution is -2.32. The highest BCUT2D eigenvalue weighted by atomic mass is 16.5. The second kappa shape index (κ2) is 11.0. The van der Waals surface area contributed by atoms with E-state index in [1.165, 1.54) is 24.5 Å². The molecule has 34 heavy (non-hydrogen) atoms. The van der Waals surface area contributed by atoms with E-state index in [2.05, 4.69) is 18.5 Å². The van der Waals surface area contributed by atoms with Gasteiger partial charge >= 0.3 is 17.9 Å². The second-order valence-corrected chi connectivity index (χ2v) is 7.35. The molecule has 2 aromatic rings. The normalized spacial score (nSPS) is 13.7. The number of carbonyl (C=O) groups excluding carboxylic acids is 3. The molecule has 0 radical (unpaired) electrons. The highest BCUT2D eigenvalue weighted by Gasteiger charge is 2.38. The van der Waals surface area contributed by atoms with E-state index in [1.54, 1.807) is 44.2 Å². The lowest BCUT2D eigenvalue weighted by atomic mass is 9.80. The summed E-state index contributed by atoms with van der Waals surface area (Å²) in [6, 6.07) is 9.56. The third-order valence-electron chi connectivity index (χ3n) is 5.01. The smallest absolute Gasteiger partial charge is 0.379 e. The van der Waals surface area contributed by atoms with Gasteiger partial charge in [0.15, 0.2) is 0 Å². The lowest BCUT2D eigenvalue weighted by molar-refractivity contribution is -0.138. The van der Waals surface area contributed by atoms with Gasteiger partial charge in [-0.25, -0.2) is 14.4 Å². The number of benzene rings is 1. The van der Waals surface area contributed by atoms with Crippen LogP contribution in [-0.4, -0.2) is 31.1 Å². The quantitative estimate of drug-likeness (QED) is 0.335. The minimum atomic E-state index is -0.772. The van der Waals surface area contributed by atoms with Gasteiger partial charge in [-0.3, -0.25) is 0 Å². The van der Waals surface area contributed by atoms with Crippen molar-refractivity contribution < 1.29 is 33.0 Å².